The molecule has 2 rings (SSSR count). The Morgan fingerprint density at radius 3 is 1.92 bits per heavy atom. The first-order valence-corrected chi connectivity index (χ1v) is 9.74. The molecular formula is C20H39N3O3. The number of nitrogens with zero attached hydrogens (tertiary/aromatic N) is 2. The Labute approximate surface area is 158 Å². The van der Waals surface area contributed by atoms with Gasteiger partial charge in [-0.1, -0.05) is 6.08 Å². The van der Waals surface area contributed by atoms with E-state index in [1.54, 1.807) is 0 Å². The lowest BCUT2D eigenvalue weighted by atomic mass is 9.79. The second-order valence-electron chi connectivity index (χ2n) is 10.4. The third-order valence-corrected chi connectivity index (χ3v) is 6.14. The van der Waals surface area contributed by atoms with Crippen LogP contribution in [0, 0.1) is 0 Å². The highest BCUT2D eigenvalue weighted by molar-refractivity contribution is 5.32. The second kappa shape index (κ2) is 6.83. The van der Waals surface area contributed by atoms with Gasteiger partial charge < -0.3 is 20.8 Å². The summed E-state index contributed by atoms with van der Waals surface area (Å²) in [5, 5.41) is 37.9. The summed E-state index contributed by atoms with van der Waals surface area (Å²) >= 11 is 0. The zero-order chi connectivity index (χ0) is 20.1. The van der Waals surface area contributed by atoms with Gasteiger partial charge in [0.05, 0.1) is 17.2 Å². The highest BCUT2D eigenvalue weighted by Crippen LogP contribution is 2.40. The van der Waals surface area contributed by atoms with Crippen LogP contribution in [0.4, 0.5) is 0 Å². The molecular weight excluding hydrogens is 330 g/mol. The van der Waals surface area contributed by atoms with Crippen LogP contribution < -0.4 is 5.32 Å². The molecule has 1 saturated heterocycles. The van der Waals surface area contributed by atoms with Crippen molar-refractivity contribution in [3.63, 3.8) is 0 Å². The molecule has 2 aliphatic rings. The van der Waals surface area contributed by atoms with Crippen molar-refractivity contribution in [2.24, 2.45) is 0 Å². The minimum absolute atomic E-state index is 0.282. The van der Waals surface area contributed by atoms with Gasteiger partial charge in [-0.15, -0.1) is 0 Å². The van der Waals surface area contributed by atoms with Crippen molar-refractivity contribution < 1.29 is 15.5 Å². The fourth-order valence-corrected chi connectivity index (χ4v) is 4.96. The van der Waals surface area contributed by atoms with E-state index in [1.165, 1.54) is 10.1 Å². The summed E-state index contributed by atoms with van der Waals surface area (Å²) in [5.74, 6) is 0. The molecule has 152 valence electrons. The Morgan fingerprint density at radius 1 is 1.00 bits per heavy atom. The van der Waals surface area contributed by atoms with Gasteiger partial charge in [-0.3, -0.25) is 0 Å². The molecule has 2 aliphatic heterocycles. The van der Waals surface area contributed by atoms with Crippen LogP contribution in [0.2, 0.25) is 0 Å². The number of nitrogens with one attached hydrogen (secondary N) is 1. The third-order valence-electron chi connectivity index (χ3n) is 6.14. The zero-order valence-corrected chi connectivity index (χ0v) is 17.8. The molecule has 6 nitrogen and oxygen atoms in total. The number of piperidine rings is 1. The largest absolute Gasteiger partial charge is 0.389 e. The molecule has 0 aromatic carbocycles. The van der Waals surface area contributed by atoms with Crippen LogP contribution >= 0.6 is 0 Å². The van der Waals surface area contributed by atoms with E-state index in [0.29, 0.717) is 19.0 Å². The molecule has 0 aliphatic carbocycles. The van der Waals surface area contributed by atoms with Crippen molar-refractivity contribution in [2.75, 3.05) is 6.54 Å². The van der Waals surface area contributed by atoms with Gasteiger partial charge in [0.2, 0.25) is 0 Å². The van der Waals surface area contributed by atoms with Gasteiger partial charge in [-0.05, 0) is 86.8 Å². The average molecular weight is 370 g/mol. The Balaban J connectivity index is 1.94. The SMILES string of the molecule is CC1(C)C=C(C(O)CCNC2CC(C)(C)N(O)C(C)(C)C2)C(C)(C)N1O. The molecule has 0 saturated carbocycles. The summed E-state index contributed by atoms with van der Waals surface area (Å²) in [6.45, 7) is 16.7. The van der Waals surface area contributed by atoms with Crippen molar-refractivity contribution in [3.8, 4) is 0 Å². The summed E-state index contributed by atoms with van der Waals surface area (Å²) in [4.78, 5) is 0. The van der Waals surface area contributed by atoms with Crippen LogP contribution in [0.5, 0.6) is 0 Å². The van der Waals surface area contributed by atoms with Crippen molar-refractivity contribution in [3.05, 3.63) is 11.6 Å². The summed E-state index contributed by atoms with van der Waals surface area (Å²) in [6, 6.07) is 0.298. The Bertz CT molecular complexity index is 537. The molecule has 26 heavy (non-hydrogen) atoms. The molecule has 0 bridgehead atoms. The van der Waals surface area contributed by atoms with Crippen molar-refractivity contribution in [1.29, 1.82) is 0 Å². The maximum atomic E-state index is 10.7. The van der Waals surface area contributed by atoms with Gasteiger partial charge in [-0.25, -0.2) is 0 Å². The molecule has 2 heterocycles. The van der Waals surface area contributed by atoms with Crippen LogP contribution in [0.25, 0.3) is 0 Å². The molecule has 1 fully saturated rings. The molecule has 0 amide bonds. The standard InChI is InChI=1S/C20H39N3O3/c1-17(2)11-14(12-18(3,4)22(17)25)21-10-9-16(24)15-13-19(5,6)23(26)20(15,7)8/h13-14,16,21,24-26H,9-12H2,1-8H3. The van der Waals surface area contributed by atoms with Gasteiger partial charge in [0.1, 0.15) is 0 Å². The fraction of sp³-hybridized carbons (Fsp3) is 0.900. The normalized spacial score (nSPS) is 29.6. The first-order valence-electron chi connectivity index (χ1n) is 9.74. The summed E-state index contributed by atoms with van der Waals surface area (Å²) < 4.78 is 0. The Morgan fingerprint density at radius 2 is 1.50 bits per heavy atom. The lowest BCUT2D eigenvalue weighted by Crippen LogP contribution is -2.62. The van der Waals surface area contributed by atoms with Crippen molar-refractivity contribution in [1.82, 2.24) is 15.4 Å². The van der Waals surface area contributed by atoms with Gasteiger partial charge in [0.25, 0.3) is 0 Å². The quantitative estimate of drug-likeness (QED) is 0.558. The molecule has 0 aromatic heterocycles. The average Bonchev–Trinajstić information content (AvgIpc) is 2.64. The first-order chi connectivity index (χ1) is 11.6. The smallest absolute Gasteiger partial charge is 0.0781 e. The number of aliphatic hydroxyl groups excluding tert-OH is 1. The van der Waals surface area contributed by atoms with Gasteiger partial charge in [0.15, 0.2) is 0 Å². The zero-order valence-electron chi connectivity index (χ0n) is 17.8. The van der Waals surface area contributed by atoms with E-state index in [9.17, 15) is 15.5 Å². The van der Waals surface area contributed by atoms with Crippen LogP contribution in [0.3, 0.4) is 0 Å². The number of hydrogen-bond acceptors (Lipinski definition) is 6. The van der Waals surface area contributed by atoms with E-state index in [4.69, 9.17) is 0 Å². The van der Waals surface area contributed by atoms with Gasteiger partial charge in [0, 0.05) is 17.1 Å². The maximum absolute atomic E-state index is 10.7. The third kappa shape index (κ3) is 4.01. The Kier molecular flexibility index (Phi) is 5.73. The van der Waals surface area contributed by atoms with Crippen LogP contribution in [0.15, 0.2) is 11.6 Å². The van der Waals surface area contributed by atoms with Gasteiger partial charge in [-0.2, -0.15) is 10.1 Å². The molecule has 6 heteroatoms. The van der Waals surface area contributed by atoms with Crippen LogP contribution in [0.1, 0.15) is 74.7 Å². The van der Waals surface area contributed by atoms with Gasteiger partial charge >= 0.3 is 0 Å². The molecule has 4 N–H and O–H groups in total. The Hall–Kier alpha value is -0.500. The lowest BCUT2D eigenvalue weighted by Gasteiger charge is -2.51. The van der Waals surface area contributed by atoms with E-state index < -0.39 is 17.2 Å². The minimum atomic E-state index is -0.590. The van der Waals surface area contributed by atoms with E-state index in [1.807, 2.05) is 33.8 Å². The second-order valence-corrected chi connectivity index (χ2v) is 10.4. The fourth-order valence-electron chi connectivity index (χ4n) is 4.96. The summed E-state index contributed by atoms with van der Waals surface area (Å²) in [6.07, 6.45) is 3.70. The molecule has 1 atom stereocenters. The highest BCUT2D eigenvalue weighted by atomic mass is 16.5. The minimum Gasteiger partial charge on any atom is -0.389 e. The van der Waals surface area contributed by atoms with E-state index in [-0.39, 0.29) is 11.1 Å². The van der Waals surface area contributed by atoms with Crippen LogP contribution in [-0.2, 0) is 0 Å². The first kappa shape index (κ1) is 21.8. The summed E-state index contributed by atoms with van der Waals surface area (Å²) in [7, 11) is 0. The maximum Gasteiger partial charge on any atom is 0.0781 e. The van der Waals surface area contributed by atoms with Crippen LogP contribution in [-0.4, -0.2) is 66.5 Å². The topological polar surface area (TPSA) is 79.2 Å². The van der Waals surface area contributed by atoms with Crippen molar-refractivity contribution in [2.45, 2.75) is 109 Å². The summed E-state index contributed by atoms with van der Waals surface area (Å²) in [5.41, 5.74) is -0.743. The molecule has 0 radical (unpaired) electrons. The number of hydrogen-bond donors (Lipinski definition) is 4. The van der Waals surface area contributed by atoms with E-state index in [2.05, 4.69) is 33.0 Å². The predicted octanol–water partition coefficient (Wildman–Crippen LogP) is 2.93. The number of rotatable bonds is 5. The van der Waals surface area contributed by atoms with E-state index in [0.717, 1.165) is 18.4 Å². The molecule has 0 spiro atoms. The lowest BCUT2D eigenvalue weighted by molar-refractivity contribution is -0.246. The van der Waals surface area contributed by atoms with Crippen molar-refractivity contribution >= 4 is 0 Å². The molecule has 1 unspecified atom stereocenters. The molecule has 0 aromatic rings. The highest BCUT2D eigenvalue weighted by Gasteiger charge is 2.47. The number of aliphatic hydroxyl groups is 1. The van der Waals surface area contributed by atoms with E-state index >= 15 is 0 Å². The monoisotopic (exact) mass is 369 g/mol. The number of hydroxylamine groups is 4. The predicted molar refractivity (Wildman–Crippen MR) is 103 cm³/mol.